The number of nitrogens with zero attached hydrogens (tertiary/aromatic N) is 2. The van der Waals surface area contributed by atoms with E-state index in [0.29, 0.717) is 22.9 Å². The zero-order valence-corrected chi connectivity index (χ0v) is 17.1. The molecule has 25 heavy (non-hydrogen) atoms. The molecule has 1 N–H and O–H groups in total. The van der Waals surface area contributed by atoms with E-state index in [1.165, 1.54) is 23.1 Å². The van der Waals surface area contributed by atoms with E-state index in [4.69, 9.17) is 17.0 Å². The Bertz CT molecular complexity index is 756. The van der Waals surface area contributed by atoms with Crippen LogP contribution in [0, 0.1) is 10.9 Å². The summed E-state index contributed by atoms with van der Waals surface area (Å²) in [5.74, 6) is 0.333. The molecule has 2 rings (SSSR count). The van der Waals surface area contributed by atoms with E-state index in [0.717, 1.165) is 22.0 Å². The van der Waals surface area contributed by atoms with Gasteiger partial charge in [-0.15, -0.1) is 5.10 Å². The van der Waals surface area contributed by atoms with Crippen molar-refractivity contribution < 1.29 is 9.53 Å². The predicted octanol–water partition coefficient (Wildman–Crippen LogP) is 4.00. The molecule has 0 aliphatic carbocycles. The minimum atomic E-state index is -0.00175. The van der Waals surface area contributed by atoms with Gasteiger partial charge in [-0.05, 0) is 51.0 Å². The number of thioether (sulfide) groups is 1. The van der Waals surface area contributed by atoms with E-state index >= 15 is 0 Å². The van der Waals surface area contributed by atoms with Gasteiger partial charge in [-0.1, -0.05) is 41.3 Å². The number of rotatable bonds is 9. The number of aryl methyl sites for hydroxylation is 1. The lowest BCUT2D eigenvalue weighted by Gasteiger charge is -2.07. The lowest BCUT2D eigenvalue weighted by Crippen LogP contribution is -2.27. The Morgan fingerprint density at radius 1 is 1.44 bits per heavy atom. The molecule has 0 saturated carbocycles. The van der Waals surface area contributed by atoms with Crippen LogP contribution in [0.5, 0.6) is 0 Å². The maximum Gasteiger partial charge on any atom is 0.230 e. The molecule has 0 saturated heterocycles. The van der Waals surface area contributed by atoms with E-state index in [1.807, 2.05) is 45.0 Å². The van der Waals surface area contributed by atoms with Crippen LogP contribution in [0.2, 0.25) is 0 Å². The number of hydrogen-bond acceptors (Lipinski definition) is 6. The van der Waals surface area contributed by atoms with Crippen LogP contribution in [-0.2, 0) is 9.53 Å². The molecule has 0 fully saturated rings. The van der Waals surface area contributed by atoms with Crippen molar-refractivity contribution in [1.29, 1.82) is 0 Å². The first-order chi connectivity index (χ1) is 12.0. The van der Waals surface area contributed by atoms with Crippen molar-refractivity contribution in [3.8, 4) is 5.69 Å². The lowest BCUT2D eigenvalue weighted by atomic mass is 10.2. The fraction of sp³-hybridized carbons (Fsp3) is 0.471. The highest BCUT2D eigenvalue weighted by molar-refractivity contribution is 8.01. The summed E-state index contributed by atoms with van der Waals surface area (Å²) in [7, 11) is 0. The fourth-order valence-electron chi connectivity index (χ4n) is 2.07. The van der Waals surface area contributed by atoms with Crippen molar-refractivity contribution in [2.75, 3.05) is 18.9 Å². The van der Waals surface area contributed by atoms with Crippen LogP contribution < -0.4 is 5.32 Å². The third-order valence-electron chi connectivity index (χ3n) is 3.29. The first kappa shape index (κ1) is 20.1. The smallest absolute Gasteiger partial charge is 0.230 e. The van der Waals surface area contributed by atoms with Crippen molar-refractivity contribution in [3.05, 3.63) is 33.8 Å². The van der Waals surface area contributed by atoms with Gasteiger partial charge < -0.3 is 10.1 Å². The monoisotopic (exact) mass is 397 g/mol. The van der Waals surface area contributed by atoms with Crippen LogP contribution in [-0.4, -0.2) is 40.7 Å². The Hall–Kier alpha value is -1.22. The van der Waals surface area contributed by atoms with Crippen LogP contribution >= 0.6 is 35.3 Å². The molecule has 1 amide bonds. The summed E-state index contributed by atoms with van der Waals surface area (Å²) >= 11 is 8.24. The Labute approximate surface area is 161 Å². The highest BCUT2D eigenvalue weighted by atomic mass is 32.2. The van der Waals surface area contributed by atoms with Crippen LogP contribution in [0.15, 0.2) is 28.6 Å². The molecule has 0 bridgehead atoms. The Morgan fingerprint density at radius 3 is 2.92 bits per heavy atom. The number of carbonyl (C=O) groups is 1. The number of carbonyl (C=O) groups excluding carboxylic acids is 1. The molecule has 0 aliphatic rings. The largest absolute Gasteiger partial charge is 0.379 e. The van der Waals surface area contributed by atoms with Crippen LogP contribution in [0.1, 0.15) is 25.8 Å². The topological polar surface area (TPSA) is 56.2 Å². The maximum atomic E-state index is 11.9. The summed E-state index contributed by atoms with van der Waals surface area (Å²) in [6.07, 6.45) is 1.04. The molecule has 0 aliphatic heterocycles. The van der Waals surface area contributed by atoms with Gasteiger partial charge in [-0.3, -0.25) is 4.79 Å². The zero-order valence-electron chi connectivity index (χ0n) is 14.7. The zero-order chi connectivity index (χ0) is 18.2. The standard InChI is InChI=1S/C17H23N3O2S3/c1-12(2)22-10-6-9-18-15(21)11-24-16-19-20(17(23)25-16)14-8-5-4-7-13(14)3/h4-5,7-8,12H,6,9-11H2,1-3H3,(H,18,21). The second kappa shape index (κ2) is 10.1. The van der Waals surface area contributed by atoms with Gasteiger partial charge in [-0.25, -0.2) is 4.68 Å². The molecule has 2 aromatic rings. The second-order valence-corrected chi connectivity index (χ2v) is 8.59. The summed E-state index contributed by atoms with van der Waals surface area (Å²) in [4.78, 5) is 11.9. The van der Waals surface area contributed by atoms with Gasteiger partial charge in [-0.2, -0.15) is 0 Å². The number of amides is 1. The first-order valence-electron chi connectivity index (χ1n) is 8.14. The number of ether oxygens (including phenoxy) is 1. The third kappa shape index (κ3) is 6.54. The molecule has 1 aromatic carbocycles. The number of hydrogen-bond donors (Lipinski definition) is 1. The van der Waals surface area contributed by atoms with Gasteiger partial charge in [0.15, 0.2) is 8.29 Å². The van der Waals surface area contributed by atoms with Gasteiger partial charge >= 0.3 is 0 Å². The van der Waals surface area contributed by atoms with Gasteiger partial charge in [0.1, 0.15) is 0 Å². The molecule has 0 unspecified atom stereocenters. The molecular weight excluding hydrogens is 374 g/mol. The van der Waals surface area contributed by atoms with E-state index in [9.17, 15) is 4.79 Å². The van der Waals surface area contributed by atoms with Crippen molar-refractivity contribution in [1.82, 2.24) is 15.1 Å². The van der Waals surface area contributed by atoms with Gasteiger partial charge in [0.2, 0.25) is 5.91 Å². The number of para-hydroxylation sites is 1. The second-order valence-electron chi connectivity index (χ2n) is 5.74. The van der Waals surface area contributed by atoms with Crippen molar-refractivity contribution >= 4 is 41.2 Å². The van der Waals surface area contributed by atoms with Crippen molar-refractivity contribution in [2.45, 2.75) is 37.6 Å². The van der Waals surface area contributed by atoms with Crippen LogP contribution in [0.3, 0.4) is 0 Å². The van der Waals surface area contributed by atoms with Crippen LogP contribution in [0.4, 0.5) is 0 Å². The normalized spacial score (nSPS) is 11.0. The lowest BCUT2D eigenvalue weighted by molar-refractivity contribution is -0.118. The van der Waals surface area contributed by atoms with Gasteiger partial charge in [0.25, 0.3) is 0 Å². The molecule has 0 spiro atoms. The molecule has 8 heteroatoms. The minimum Gasteiger partial charge on any atom is -0.379 e. The highest BCUT2D eigenvalue weighted by Crippen LogP contribution is 2.24. The number of nitrogens with one attached hydrogen (secondary N) is 1. The van der Waals surface area contributed by atoms with Crippen molar-refractivity contribution in [2.24, 2.45) is 0 Å². The Kier molecular flexibility index (Phi) is 8.08. The van der Waals surface area contributed by atoms with Crippen molar-refractivity contribution in [3.63, 3.8) is 0 Å². The molecular formula is C17H23N3O2S3. The summed E-state index contributed by atoms with van der Waals surface area (Å²) in [5.41, 5.74) is 2.09. The van der Waals surface area contributed by atoms with E-state index < -0.39 is 0 Å². The fourth-order valence-corrected chi connectivity index (χ4v) is 4.25. The number of benzene rings is 1. The predicted molar refractivity (Wildman–Crippen MR) is 106 cm³/mol. The van der Waals surface area contributed by atoms with E-state index in [-0.39, 0.29) is 12.0 Å². The Morgan fingerprint density at radius 2 is 2.20 bits per heavy atom. The molecule has 5 nitrogen and oxygen atoms in total. The molecule has 1 aromatic heterocycles. The first-order valence-corrected chi connectivity index (χ1v) is 10.4. The summed E-state index contributed by atoms with van der Waals surface area (Å²) in [6, 6.07) is 7.97. The maximum absolute atomic E-state index is 11.9. The SMILES string of the molecule is Cc1ccccc1-n1nc(SCC(=O)NCCCOC(C)C)sc1=S. The Balaban J connectivity index is 1.82. The van der Waals surface area contributed by atoms with Crippen LogP contribution in [0.25, 0.3) is 5.69 Å². The minimum absolute atomic E-state index is 0.00175. The van der Waals surface area contributed by atoms with E-state index in [1.54, 1.807) is 4.68 Å². The molecule has 0 atom stereocenters. The summed E-state index contributed by atoms with van der Waals surface area (Å²) in [5, 5.41) is 7.43. The van der Waals surface area contributed by atoms with E-state index in [2.05, 4.69) is 10.4 Å². The third-order valence-corrected chi connectivity index (χ3v) is 5.66. The summed E-state index contributed by atoms with van der Waals surface area (Å²) < 4.78 is 8.69. The summed E-state index contributed by atoms with van der Waals surface area (Å²) in [6.45, 7) is 7.31. The molecule has 1 heterocycles. The quantitative estimate of drug-likeness (QED) is 0.394. The average molecular weight is 398 g/mol. The highest BCUT2D eigenvalue weighted by Gasteiger charge is 2.10. The van der Waals surface area contributed by atoms with Gasteiger partial charge in [0, 0.05) is 13.2 Å². The van der Waals surface area contributed by atoms with Gasteiger partial charge in [0.05, 0.1) is 17.5 Å². The molecule has 136 valence electrons. The average Bonchev–Trinajstić information content (AvgIpc) is 2.93. The molecule has 0 radical (unpaired) electrons. The number of aromatic nitrogens is 2.